The number of pyridine rings is 1. The van der Waals surface area contributed by atoms with Gasteiger partial charge in [0.2, 0.25) is 0 Å². The van der Waals surface area contributed by atoms with E-state index in [4.69, 9.17) is 0 Å². The van der Waals surface area contributed by atoms with Crippen LogP contribution in [-0.4, -0.2) is 17.0 Å². The molecule has 0 saturated heterocycles. The largest absolute Gasteiger partial charge is 0.416 e. The van der Waals surface area contributed by atoms with Crippen LogP contribution in [0.3, 0.4) is 0 Å². The molecule has 1 N–H and O–H groups in total. The molecule has 2 aromatic rings. The highest BCUT2D eigenvalue weighted by atomic mass is 19.4. The molecule has 0 spiro atoms. The van der Waals surface area contributed by atoms with E-state index < -0.39 is 16.7 Å². The summed E-state index contributed by atoms with van der Waals surface area (Å²) in [4.78, 5) is 14.1. The van der Waals surface area contributed by atoms with Crippen LogP contribution in [0.1, 0.15) is 5.56 Å². The van der Waals surface area contributed by atoms with Gasteiger partial charge >= 0.3 is 6.18 Å². The van der Waals surface area contributed by atoms with E-state index in [1.54, 1.807) is 0 Å². The average Bonchev–Trinajstić information content (AvgIpc) is 2.46. The number of anilines is 1. The van der Waals surface area contributed by atoms with Gasteiger partial charge in [0, 0.05) is 24.7 Å². The van der Waals surface area contributed by atoms with Crippen LogP contribution in [0.5, 0.6) is 0 Å². The van der Waals surface area contributed by atoms with Gasteiger partial charge in [0.25, 0.3) is 5.69 Å². The van der Waals surface area contributed by atoms with Gasteiger partial charge < -0.3 is 5.32 Å². The Morgan fingerprint density at radius 3 is 2.52 bits per heavy atom. The van der Waals surface area contributed by atoms with Gasteiger partial charge in [0.15, 0.2) is 0 Å². The molecule has 0 amide bonds. The quantitative estimate of drug-likeness (QED) is 0.692. The zero-order chi connectivity index (χ0) is 15.6. The Morgan fingerprint density at radius 2 is 1.95 bits per heavy atom. The van der Waals surface area contributed by atoms with Gasteiger partial charge in [-0.2, -0.15) is 13.2 Å². The molecule has 0 atom stereocenters. The molecule has 1 aromatic heterocycles. The Morgan fingerprint density at radius 1 is 1.24 bits per heavy atom. The summed E-state index contributed by atoms with van der Waals surface area (Å²) in [6, 6.07) is 7.04. The molecule has 0 radical (unpaired) electrons. The van der Waals surface area contributed by atoms with Crippen molar-refractivity contribution in [3.8, 4) is 11.3 Å². The van der Waals surface area contributed by atoms with E-state index in [-0.39, 0.29) is 22.8 Å². The summed E-state index contributed by atoms with van der Waals surface area (Å²) < 4.78 is 38.5. The molecule has 21 heavy (non-hydrogen) atoms. The third-order valence-electron chi connectivity index (χ3n) is 2.76. The number of aromatic nitrogens is 1. The topological polar surface area (TPSA) is 68.1 Å². The number of non-ortho nitro benzene ring substituents is 1. The third kappa shape index (κ3) is 3.28. The summed E-state index contributed by atoms with van der Waals surface area (Å²) in [5.41, 5.74) is -0.828. The Hall–Kier alpha value is -2.64. The lowest BCUT2D eigenvalue weighted by molar-refractivity contribution is -0.384. The summed E-state index contributed by atoms with van der Waals surface area (Å²) in [6.07, 6.45) is -4.52. The predicted octanol–water partition coefficient (Wildman–Crippen LogP) is 3.72. The minimum atomic E-state index is -4.52. The molecule has 0 bridgehead atoms. The lowest BCUT2D eigenvalue weighted by Crippen LogP contribution is -2.07. The Balaban J connectivity index is 2.58. The molecular weight excluding hydrogens is 287 g/mol. The molecule has 0 aliphatic rings. The van der Waals surface area contributed by atoms with Crippen LogP contribution in [-0.2, 0) is 6.18 Å². The van der Waals surface area contributed by atoms with Gasteiger partial charge in [-0.15, -0.1) is 0 Å². The van der Waals surface area contributed by atoms with E-state index in [1.165, 1.54) is 31.3 Å². The molecule has 0 saturated carbocycles. The van der Waals surface area contributed by atoms with E-state index in [2.05, 4.69) is 10.3 Å². The van der Waals surface area contributed by atoms with Crippen molar-refractivity contribution in [2.45, 2.75) is 6.18 Å². The van der Waals surface area contributed by atoms with Crippen LogP contribution >= 0.6 is 0 Å². The third-order valence-corrected chi connectivity index (χ3v) is 2.76. The lowest BCUT2D eigenvalue weighted by atomic mass is 10.1. The number of nitro groups is 1. The zero-order valence-corrected chi connectivity index (χ0v) is 10.8. The second kappa shape index (κ2) is 5.39. The number of nitrogens with one attached hydrogen (secondary N) is 1. The summed E-state index contributed by atoms with van der Waals surface area (Å²) in [7, 11) is 1.44. The molecule has 1 aromatic carbocycles. The number of hydrogen-bond acceptors (Lipinski definition) is 4. The van der Waals surface area contributed by atoms with Crippen LogP contribution in [0.15, 0.2) is 36.4 Å². The van der Waals surface area contributed by atoms with Crippen LogP contribution in [0.25, 0.3) is 11.3 Å². The highest BCUT2D eigenvalue weighted by Gasteiger charge is 2.31. The molecule has 0 fully saturated rings. The van der Waals surface area contributed by atoms with Crippen molar-refractivity contribution < 1.29 is 18.1 Å². The maximum atomic E-state index is 12.8. The van der Waals surface area contributed by atoms with Crippen molar-refractivity contribution in [3.05, 3.63) is 52.1 Å². The van der Waals surface area contributed by atoms with Crippen molar-refractivity contribution in [1.82, 2.24) is 4.98 Å². The molecule has 0 unspecified atom stereocenters. The molecule has 0 aliphatic heterocycles. The van der Waals surface area contributed by atoms with E-state index in [0.29, 0.717) is 0 Å². The van der Waals surface area contributed by atoms with Crippen molar-refractivity contribution in [3.63, 3.8) is 0 Å². The first-order valence-corrected chi connectivity index (χ1v) is 5.83. The first-order chi connectivity index (χ1) is 9.81. The minimum Gasteiger partial charge on any atom is -0.373 e. The summed E-state index contributed by atoms with van der Waals surface area (Å²) in [6.45, 7) is 0. The van der Waals surface area contributed by atoms with Crippen molar-refractivity contribution >= 4 is 11.5 Å². The summed E-state index contributed by atoms with van der Waals surface area (Å²) in [5, 5.41) is 13.3. The van der Waals surface area contributed by atoms with Gasteiger partial charge in [-0.05, 0) is 12.1 Å². The molecule has 1 heterocycles. The number of halogens is 3. The molecular formula is C13H10F3N3O2. The number of rotatable bonds is 3. The average molecular weight is 297 g/mol. The first kappa shape index (κ1) is 14.8. The molecule has 2 rings (SSSR count). The van der Waals surface area contributed by atoms with Crippen LogP contribution in [0, 0.1) is 10.1 Å². The number of alkyl halides is 3. The number of hydrogen-bond donors (Lipinski definition) is 1. The fourth-order valence-electron chi connectivity index (χ4n) is 1.75. The predicted molar refractivity (Wildman–Crippen MR) is 70.9 cm³/mol. The van der Waals surface area contributed by atoms with E-state index in [9.17, 15) is 23.3 Å². The second-order valence-corrected chi connectivity index (χ2v) is 4.18. The molecule has 110 valence electrons. The van der Waals surface area contributed by atoms with Gasteiger partial charge in [0.1, 0.15) is 5.82 Å². The monoisotopic (exact) mass is 297 g/mol. The molecule has 5 nitrogen and oxygen atoms in total. The van der Waals surface area contributed by atoms with Gasteiger partial charge in [-0.1, -0.05) is 12.1 Å². The number of nitrogens with zero attached hydrogens (tertiary/aromatic N) is 2. The summed E-state index contributed by atoms with van der Waals surface area (Å²) >= 11 is 0. The SMILES string of the molecule is CNc1cc(C(F)(F)F)cc(-c2cccc([N+](=O)[O-])c2)n1. The van der Waals surface area contributed by atoms with Crippen LogP contribution in [0.4, 0.5) is 24.7 Å². The molecule has 8 heteroatoms. The maximum Gasteiger partial charge on any atom is 0.416 e. The van der Waals surface area contributed by atoms with Crippen molar-refractivity contribution in [2.75, 3.05) is 12.4 Å². The highest BCUT2D eigenvalue weighted by molar-refractivity contribution is 5.65. The normalized spacial score (nSPS) is 11.2. The Labute approximate surface area is 117 Å². The Kier molecular flexibility index (Phi) is 3.79. The fourth-order valence-corrected chi connectivity index (χ4v) is 1.75. The maximum absolute atomic E-state index is 12.8. The lowest BCUT2D eigenvalue weighted by Gasteiger charge is -2.11. The highest BCUT2D eigenvalue weighted by Crippen LogP contribution is 2.33. The van der Waals surface area contributed by atoms with Gasteiger partial charge in [0.05, 0.1) is 16.2 Å². The smallest absolute Gasteiger partial charge is 0.373 e. The summed E-state index contributed by atoms with van der Waals surface area (Å²) in [5.74, 6) is 0.0336. The van der Waals surface area contributed by atoms with Gasteiger partial charge in [-0.3, -0.25) is 10.1 Å². The van der Waals surface area contributed by atoms with Crippen LogP contribution in [0.2, 0.25) is 0 Å². The van der Waals surface area contributed by atoms with Crippen molar-refractivity contribution in [2.24, 2.45) is 0 Å². The van der Waals surface area contributed by atoms with Crippen LogP contribution < -0.4 is 5.32 Å². The van der Waals surface area contributed by atoms with E-state index >= 15 is 0 Å². The Bertz CT molecular complexity index is 687. The first-order valence-electron chi connectivity index (χ1n) is 5.83. The zero-order valence-electron chi connectivity index (χ0n) is 10.8. The second-order valence-electron chi connectivity index (χ2n) is 4.18. The van der Waals surface area contributed by atoms with E-state index in [0.717, 1.165) is 12.1 Å². The van der Waals surface area contributed by atoms with E-state index in [1.807, 2.05) is 0 Å². The molecule has 0 aliphatic carbocycles. The van der Waals surface area contributed by atoms with Gasteiger partial charge in [-0.25, -0.2) is 4.98 Å². The number of nitro benzene ring substituents is 1. The minimum absolute atomic E-state index is 0.0119. The van der Waals surface area contributed by atoms with Crippen molar-refractivity contribution in [1.29, 1.82) is 0 Å². The fraction of sp³-hybridized carbons (Fsp3) is 0.154. The number of benzene rings is 1. The standard InChI is InChI=1S/C13H10F3N3O2/c1-17-12-7-9(13(14,15)16)6-11(18-12)8-3-2-4-10(5-8)19(20)21/h2-7H,1H3,(H,17,18).